The van der Waals surface area contributed by atoms with Crippen molar-refractivity contribution in [3.05, 3.63) is 65.9 Å². The van der Waals surface area contributed by atoms with E-state index >= 15 is 0 Å². The number of para-hydroxylation sites is 1. The van der Waals surface area contributed by atoms with Crippen molar-refractivity contribution in [1.29, 1.82) is 0 Å². The van der Waals surface area contributed by atoms with E-state index in [2.05, 4.69) is 4.98 Å². The fourth-order valence-corrected chi connectivity index (χ4v) is 3.66. The van der Waals surface area contributed by atoms with Crippen LogP contribution in [-0.2, 0) is 14.3 Å². The Bertz CT molecular complexity index is 1080. The number of nitrogens with zero attached hydrogens (tertiary/aromatic N) is 1. The molecule has 1 aromatic heterocycles. The van der Waals surface area contributed by atoms with Gasteiger partial charge in [0.05, 0.1) is 5.92 Å². The number of H-pyrrole nitrogens is 1. The third kappa shape index (κ3) is 3.66. The molecule has 3 aromatic rings. The van der Waals surface area contributed by atoms with Gasteiger partial charge in [-0.2, -0.15) is 0 Å². The minimum atomic E-state index is -0.926. The van der Waals surface area contributed by atoms with Crippen LogP contribution in [0.3, 0.4) is 0 Å². The first-order chi connectivity index (χ1) is 13.9. The molecule has 0 radical (unpaired) electrons. The van der Waals surface area contributed by atoms with E-state index in [1.54, 1.807) is 18.0 Å². The van der Waals surface area contributed by atoms with Crippen molar-refractivity contribution < 1.29 is 19.1 Å². The number of carbonyl (C=O) groups excluding carboxylic acids is 3. The average molecular weight is 390 g/mol. The van der Waals surface area contributed by atoms with Gasteiger partial charge in [-0.3, -0.25) is 14.4 Å². The van der Waals surface area contributed by atoms with Gasteiger partial charge in [-0.15, -0.1) is 0 Å². The van der Waals surface area contributed by atoms with Crippen molar-refractivity contribution in [2.75, 3.05) is 11.4 Å². The fraction of sp³-hybridized carbons (Fsp3) is 0.261. The number of ketones is 1. The maximum Gasteiger partial charge on any atom is 0.312 e. The van der Waals surface area contributed by atoms with Crippen molar-refractivity contribution in [3.63, 3.8) is 0 Å². The van der Waals surface area contributed by atoms with Crippen LogP contribution in [0.4, 0.5) is 5.69 Å². The SMILES string of the molecule is Cc1ccc(N2C[C@@H](C(=O)O[C@H](C)C(=O)c3c[nH]c4ccccc34)CC2=O)cc1. The molecule has 29 heavy (non-hydrogen) atoms. The molecule has 1 N–H and O–H groups in total. The zero-order valence-corrected chi connectivity index (χ0v) is 16.3. The summed E-state index contributed by atoms with van der Waals surface area (Å²) >= 11 is 0. The molecule has 1 amide bonds. The van der Waals surface area contributed by atoms with E-state index in [0.29, 0.717) is 5.56 Å². The minimum Gasteiger partial charge on any atom is -0.454 e. The van der Waals surface area contributed by atoms with Crippen LogP contribution >= 0.6 is 0 Å². The smallest absolute Gasteiger partial charge is 0.312 e. The molecule has 0 saturated carbocycles. The molecule has 0 spiro atoms. The number of benzene rings is 2. The quantitative estimate of drug-likeness (QED) is 0.533. The lowest BCUT2D eigenvalue weighted by Crippen LogP contribution is -2.30. The lowest BCUT2D eigenvalue weighted by atomic mass is 10.1. The molecule has 1 fully saturated rings. The number of amides is 1. The highest BCUT2D eigenvalue weighted by molar-refractivity contribution is 6.10. The predicted molar refractivity (Wildman–Crippen MR) is 110 cm³/mol. The fourth-order valence-electron chi connectivity index (χ4n) is 3.66. The van der Waals surface area contributed by atoms with Crippen molar-refractivity contribution in [2.24, 2.45) is 5.92 Å². The lowest BCUT2D eigenvalue weighted by Gasteiger charge is -2.18. The summed E-state index contributed by atoms with van der Waals surface area (Å²) in [5.74, 6) is -1.49. The Morgan fingerprint density at radius 1 is 1.14 bits per heavy atom. The maximum atomic E-state index is 12.8. The first-order valence-electron chi connectivity index (χ1n) is 9.62. The number of aromatic amines is 1. The van der Waals surface area contributed by atoms with Crippen LogP contribution < -0.4 is 4.90 Å². The molecule has 4 rings (SSSR count). The number of anilines is 1. The molecule has 6 heteroatoms. The van der Waals surface area contributed by atoms with Gasteiger partial charge in [0.1, 0.15) is 0 Å². The third-order valence-corrected chi connectivity index (χ3v) is 5.32. The zero-order valence-electron chi connectivity index (χ0n) is 16.3. The van der Waals surface area contributed by atoms with Gasteiger partial charge in [0, 0.05) is 41.3 Å². The number of ether oxygens (including phenoxy) is 1. The highest BCUT2D eigenvalue weighted by Gasteiger charge is 2.37. The van der Waals surface area contributed by atoms with E-state index in [9.17, 15) is 14.4 Å². The molecule has 0 unspecified atom stereocenters. The average Bonchev–Trinajstić information content (AvgIpc) is 3.32. The van der Waals surface area contributed by atoms with Crippen LogP contribution in [0, 0.1) is 12.8 Å². The van der Waals surface area contributed by atoms with Crippen LogP contribution in [0.1, 0.15) is 29.3 Å². The standard InChI is InChI=1S/C23H22N2O4/c1-14-7-9-17(10-8-14)25-13-16(11-21(25)26)23(28)29-15(2)22(27)19-12-24-20-6-4-3-5-18(19)20/h3-10,12,15-16,24H,11,13H2,1-2H3/t15-,16+/m1/s1. The molecular weight excluding hydrogens is 368 g/mol. The number of fused-ring (bicyclic) bond motifs is 1. The van der Waals surface area contributed by atoms with Gasteiger partial charge in [-0.05, 0) is 32.0 Å². The number of aryl methyl sites for hydroxylation is 1. The molecule has 148 valence electrons. The van der Waals surface area contributed by atoms with E-state index in [0.717, 1.165) is 22.2 Å². The summed E-state index contributed by atoms with van der Waals surface area (Å²) in [4.78, 5) is 42.4. The molecule has 1 saturated heterocycles. The highest BCUT2D eigenvalue weighted by atomic mass is 16.5. The largest absolute Gasteiger partial charge is 0.454 e. The molecule has 1 aliphatic rings. The van der Waals surface area contributed by atoms with Gasteiger partial charge in [0.2, 0.25) is 11.7 Å². The molecule has 2 aromatic carbocycles. The number of hydrogen-bond donors (Lipinski definition) is 1. The topological polar surface area (TPSA) is 79.5 Å². The Balaban J connectivity index is 1.43. The van der Waals surface area contributed by atoms with Crippen LogP contribution in [0.25, 0.3) is 10.9 Å². The van der Waals surface area contributed by atoms with Gasteiger partial charge in [-0.25, -0.2) is 0 Å². The Hall–Kier alpha value is -3.41. The molecule has 2 heterocycles. The van der Waals surface area contributed by atoms with Gasteiger partial charge in [-0.1, -0.05) is 35.9 Å². The maximum absolute atomic E-state index is 12.8. The summed E-state index contributed by atoms with van der Waals surface area (Å²) in [7, 11) is 0. The number of aromatic nitrogens is 1. The Morgan fingerprint density at radius 3 is 2.62 bits per heavy atom. The van der Waals surface area contributed by atoms with Crippen LogP contribution in [0.5, 0.6) is 0 Å². The summed E-state index contributed by atoms with van der Waals surface area (Å²) in [6.45, 7) is 3.80. The molecular formula is C23H22N2O4. The molecule has 2 atom stereocenters. The summed E-state index contributed by atoms with van der Waals surface area (Å²) in [6.07, 6.45) is 0.793. The first-order valence-corrected chi connectivity index (χ1v) is 9.62. The number of nitrogens with one attached hydrogen (secondary N) is 1. The van der Waals surface area contributed by atoms with Crippen molar-refractivity contribution >= 4 is 34.3 Å². The highest BCUT2D eigenvalue weighted by Crippen LogP contribution is 2.27. The number of Topliss-reactive ketones (excluding diaryl/α,β-unsaturated/α-hetero) is 1. The summed E-state index contributed by atoms with van der Waals surface area (Å²) in [6, 6.07) is 15.1. The Labute approximate surface area is 168 Å². The number of esters is 1. The minimum absolute atomic E-state index is 0.0840. The van der Waals surface area contributed by atoms with Crippen molar-refractivity contribution in [2.45, 2.75) is 26.4 Å². The molecule has 1 aliphatic heterocycles. The second kappa shape index (κ2) is 7.54. The Kier molecular flexibility index (Phi) is 4.92. The van der Waals surface area contributed by atoms with E-state index in [-0.39, 0.29) is 24.7 Å². The van der Waals surface area contributed by atoms with E-state index < -0.39 is 18.0 Å². The molecule has 0 bridgehead atoms. The summed E-state index contributed by atoms with van der Waals surface area (Å²) in [5, 5.41) is 0.794. The van der Waals surface area contributed by atoms with Gasteiger partial charge in [0.15, 0.2) is 6.10 Å². The van der Waals surface area contributed by atoms with Gasteiger partial charge >= 0.3 is 5.97 Å². The predicted octanol–water partition coefficient (Wildman–Crippen LogP) is 3.64. The zero-order chi connectivity index (χ0) is 20.5. The second-order valence-corrected chi connectivity index (χ2v) is 7.43. The van der Waals surface area contributed by atoms with Crippen LogP contribution in [0.2, 0.25) is 0 Å². The molecule has 0 aliphatic carbocycles. The summed E-state index contributed by atoms with van der Waals surface area (Å²) in [5.41, 5.74) is 3.20. The number of rotatable bonds is 5. The van der Waals surface area contributed by atoms with E-state index in [1.807, 2.05) is 55.5 Å². The van der Waals surface area contributed by atoms with Gasteiger partial charge in [0.25, 0.3) is 0 Å². The van der Waals surface area contributed by atoms with Crippen LogP contribution in [0.15, 0.2) is 54.7 Å². The van der Waals surface area contributed by atoms with Crippen molar-refractivity contribution in [1.82, 2.24) is 4.98 Å². The number of hydrogen-bond acceptors (Lipinski definition) is 4. The number of carbonyl (C=O) groups is 3. The van der Waals surface area contributed by atoms with E-state index in [4.69, 9.17) is 4.74 Å². The first kappa shape index (κ1) is 18.9. The van der Waals surface area contributed by atoms with E-state index in [1.165, 1.54) is 0 Å². The summed E-state index contributed by atoms with van der Waals surface area (Å²) < 4.78 is 5.44. The van der Waals surface area contributed by atoms with Crippen LogP contribution in [-0.4, -0.2) is 35.3 Å². The third-order valence-electron chi connectivity index (χ3n) is 5.32. The second-order valence-electron chi connectivity index (χ2n) is 7.43. The Morgan fingerprint density at radius 2 is 1.86 bits per heavy atom. The normalized spacial score (nSPS) is 17.5. The lowest BCUT2D eigenvalue weighted by molar-refractivity contribution is -0.151. The molecule has 6 nitrogen and oxygen atoms in total. The van der Waals surface area contributed by atoms with Crippen molar-refractivity contribution in [3.8, 4) is 0 Å². The van der Waals surface area contributed by atoms with Gasteiger partial charge < -0.3 is 14.6 Å². The monoisotopic (exact) mass is 390 g/mol.